The van der Waals surface area contributed by atoms with Crippen LogP contribution in [0.2, 0.25) is 0 Å². The van der Waals surface area contributed by atoms with Gasteiger partial charge in [0.1, 0.15) is 22.5 Å². The summed E-state index contributed by atoms with van der Waals surface area (Å²) in [5.41, 5.74) is 2.05. The first-order valence-corrected chi connectivity index (χ1v) is 7.63. The molecular weight excluding hydrogens is 336 g/mol. The second-order valence-corrected chi connectivity index (χ2v) is 5.37. The molecule has 9 nitrogen and oxygen atoms in total. The van der Waals surface area contributed by atoms with Crippen LogP contribution in [0.15, 0.2) is 58.8 Å². The Balaban J connectivity index is 1.83. The molecule has 0 aliphatic carbocycles. The minimum Gasteiger partial charge on any atom is -0.497 e. The van der Waals surface area contributed by atoms with Crippen molar-refractivity contribution in [1.29, 1.82) is 0 Å². The number of benzene rings is 2. The zero-order valence-electron chi connectivity index (χ0n) is 13.6. The first-order valence-electron chi connectivity index (χ1n) is 7.63. The molecule has 1 aliphatic heterocycles. The number of azo groups is 1. The topological polar surface area (TPSA) is 113 Å². The highest BCUT2D eigenvalue weighted by atomic mass is 16.5. The number of aromatic nitrogens is 3. The summed E-state index contributed by atoms with van der Waals surface area (Å²) in [5, 5.41) is 19.0. The van der Waals surface area contributed by atoms with E-state index in [1.165, 1.54) is 12.2 Å². The van der Waals surface area contributed by atoms with Gasteiger partial charge < -0.3 is 4.74 Å². The molecule has 3 aromatic rings. The van der Waals surface area contributed by atoms with E-state index in [-0.39, 0.29) is 11.4 Å². The number of fused-ring (bicyclic) bond motifs is 1. The van der Waals surface area contributed by atoms with E-state index in [9.17, 15) is 9.59 Å². The van der Waals surface area contributed by atoms with Gasteiger partial charge in [-0.15, -0.1) is 5.11 Å². The number of carbonyl (C=O) groups excluding carboxylic acids is 2. The van der Waals surface area contributed by atoms with Gasteiger partial charge in [-0.2, -0.15) is 20.5 Å². The summed E-state index contributed by atoms with van der Waals surface area (Å²) in [5.74, 6) is -0.262. The van der Waals surface area contributed by atoms with Gasteiger partial charge >= 0.3 is 0 Å². The molecule has 1 aliphatic rings. The van der Waals surface area contributed by atoms with E-state index in [1.54, 1.807) is 43.5 Å². The molecule has 0 saturated carbocycles. The van der Waals surface area contributed by atoms with Gasteiger partial charge in [-0.05, 0) is 24.3 Å². The average molecular weight is 348 g/mol. The number of hydrogen-bond donors (Lipinski definition) is 1. The van der Waals surface area contributed by atoms with Crippen molar-refractivity contribution >= 4 is 39.9 Å². The number of aromatic amines is 1. The smallest absolute Gasteiger partial charge is 0.258 e. The van der Waals surface area contributed by atoms with Crippen LogP contribution in [0.4, 0.5) is 17.1 Å². The Hall–Kier alpha value is -3.88. The molecule has 128 valence electrons. The van der Waals surface area contributed by atoms with Crippen LogP contribution < -0.4 is 9.64 Å². The van der Waals surface area contributed by atoms with Crippen molar-refractivity contribution in [2.24, 2.45) is 10.2 Å². The van der Waals surface area contributed by atoms with Gasteiger partial charge in [0.05, 0.1) is 18.5 Å². The second kappa shape index (κ2) is 6.20. The van der Waals surface area contributed by atoms with E-state index in [1.807, 2.05) is 0 Å². The van der Waals surface area contributed by atoms with E-state index in [4.69, 9.17) is 4.74 Å². The van der Waals surface area contributed by atoms with Crippen LogP contribution >= 0.6 is 0 Å². The Morgan fingerprint density at radius 1 is 1.04 bits per heavy atom. The highest BCUT2D eigenvalue weighted by molar-refractivity contribution is 6.29. The molecule has 0 bridgehead atoms. The van der Waals surface area contributed by atoms with E-state index in [0.29, 0.717) is 22.5 Å². The highest BCUT2D eigenvalue weighted by Crippen LogP contribution is 2.37. The molecule has 26 heavy (non-hydrogen) atoms. The predicted octanol–water partition coefficient (Wildman–Crippen LogP) is 2.81. The summed E-state index contributed by atoms with van der Waals surface area (Å²) >= 11 is 0. The highest BCUT2D eigenvalue weighted by Gasteiger charge is 2.29. The summed E-state index contributed by atoms with van der Waals surface area (Å²) < 4.78 is 5.16. The first-order chi connectivity index (χ1) is 12.7. The molecule has 1 N–H and O–H groups in total. The fourth-order valence-electron chi connectivity index (χ4n) is 2.58. The average Bonchev–Trinajstić information content (AvgIpc) is 3.26. The normalized spacial score (nSPS) is 14.1. The SMILES string of the molecule is COc1cccc(N=Nc2c(N3C(=O)C=CC3=O)ccc3n[nH]nc23)c1. The van der Waals surface area contributed by atoms with Crippen molar-refractivity contribution in [2.45, 2.75) is 0 Å². The third-order valence-corrected chi connectivity index (χ3v) is 3.81. The lowest BCUT2D eigenvalue weighted by atomic mass is 10.2. The standard InChI is InChI=1S/C17H12N6O3/c1-26-11-4-2-3-10(9-11)18-20-17-13(23-14(24)7-8-15(23)25)6-5-12-16(17)21-22-19-12/h2-9H,1H3,(H,19,21,22). The Morgan fingerprint density at radius 2 is 1.85 bits per heavy atom. The molecule has 4 rings (SSSR count). The third kappa shape index (κ3) is 2.61. The van der Waals surface area contributed by atoms with Crippen molar-refractivity contribution in [3.63, 3.8) is 0 Å². The van der Waals surface area contributed by atoms with E-state index < -0.39 is 11.8 Å². The largest absolute Gasteiger partial charge is 0.497 e. The maximum absolute atomic E-state index is 12.1. The Bertz CT molecular complexity index is 1070. The first kappa shape index (κ1) is 15.6. The number of nitrogens with zero attached hydrogens (tertiary/aromatic N) is 5. The fourth-order valence-corrected chi connectivity index (χ4v) is 2.58. The number of carbonyl (C=O) groups is 2. The van der Waals surface area contributed by atoms with Gasteiger partial charge in [0.15, 0.2) is 0 Å². The molecule has 1 aromatic heterocycles. The zero-order valence-corrected chi connectivity index (χ0v) is 13.6. The summed E-state index contributed by atoms with van der Waals surface area (Å²) in [6, 6.07) is 10.3. The molecule has 9 heteroatoms. The number of rotatable bonds is 4. The molecule has 2 amide bonds. The van der Waals surface area contributed by atoms with Crippen LogP contribution in [-0.2, 0) is 9.59 Å². The number of hydrogen-bond acceptors (Lipinski definition) is 7. The number of H-pyrrole nitrogens is 1. The molecule has 0 radical (unpaired) electrons. The van der Waals surface area contributed by atoms with Gasteiger partial charge in [-0.25, -0.2) is 4.90 Å². The van der Waals surface area contributed by atoms with Crippen LogP contribution in [0.3, 0.4) is 0 Å². The lowest BCUT2D eigenvalue weighted by Crippen LogP contribution is -2.29. The van der Waals surface area contributed by atoms with Gasteiger partial charge in [-0.3, -0.25) is 9.59 Å². The summed E-state index contributed by atoms with van der Waals surface area (Å²) in [6.45, 7) is 0. The molecular formula is C17H12N6O3. The molecule has 0 fully saturated rings. The van der Waals surface area contributed by atoms with Crippen molar-refractivity contribution < 1.29 is 14.3 Å². The van der Waals surface area contributed by atoms with Crippen LogP contribution in [0, 0.1) is 0 Å². The third-order valence-electron chi connectivity index (χ3n) is 3.81. The van der Waals surface area contributed by atoms with Crippen LogP contribution in [0.25, 0.3) is 11.0 Å². The van der Waals surface area contributed by atoms with Crippen molar-refractivity contribution in [1.82, 2.24) is 15.4 Å². The molecule has 0 saturated heterocycles. The van der Waals surface area contributed by atoms with Gasteiger partial charge in [0, 0.05) is 18.2 Å². The Morgan fingerprint density at radius 3 is 2.62 bits per heavy atom. The Labute approximate surface area is 147 Å². The lowest BCUT2D eigenvalue weighted by molar-refractivity contribution is -0.119. The number of amides is 2. The maximum atomic E-state index is 12.1. The second-order valence-electron chi connectivity index (χ2n) is 5.37. The van der Waals surface area contributed by atoms with Crippen molar-refractivity contribution in [3.8, 4) is 5.75 Å². The predicted molar refractivity (Wildman–Crippen MR) is 92.7 cm³/mol. The van der Waals surface area contributed by atoms with Crippen molar-refractivity contribution in [3.05, 3.63) is 48.6 Å². The quantitative estimate of drug-likeness (QED) is 0.575. The van der Waals surface area contributed by atoms with Gasteiger partial charge in [0.2, 0.25) is 0 Å². The molecule has 2 aromatic carbocycles. The molecule has 0 atom stereocenters. The number of nitrogens with one attached hydrogen (secondary N) is 1. The van der Waals surface area contributed by atoms with Gasteiger partial charge in [0.25, 0.3) is 11.8 Å². The van der Waals surface area contributed by atoms with Crippen LogP contribution in [-0.4, -0.2) is 34.3 Å². The fraction of sp³-hybridized carbons (Fsp3) is 0.0588. The van der Waals surface area contributed by atoms with E-state index in [0.717, 1.165) is 4.90 Å². The molecule has 0 unspecified atom stereocenters. The van der Waals surface area contributed by atoms with Crippen molar-refractivity contribution in [2.75, 3.05) is 12.0 Å². The monoisotopic (exact) mass is 348 g/mol. The number of imide groups is 1. The molecule has 0 spiro atoms. The maximum Gasteiger partial charge on any atom is 0.258 e. The van der Waals surface area contributed by atoms with Gasteiger partial charge in [-0.1, -0.05) is 6.07 Å². The lowest BCUT2D eigenvalue weighted by Gasteiger charge is -2.15. The van der Waals surface area contributed by atoms with E-state index >= 15 is 0 Å². The zero-order chi connectivity index (χ0) is 18.1. The summed E-state index contributed by atoms with van der Waals surface area (Å²) in [4.78, 5) is 25.1. The Kier molecular flexibility index (Phi) is 3.73. The minimum atomic E-state index is -0.448. The molecule has 2 heterocycles. The summed E-state index contributed by atoms with van der Waals surface area (Å²) in [6.07, 6.45) is 2.41. The number of anilines is 1. The van der Waals surface area contributed by atoms with Crippen LogP contribution in [0.1, 0.15) is 0 Å². The van der Waals surface area contributed by atoms with E-state index in [2.05, 4.69) is 25.6 Å². The summed E-state index contributed by atoms with van der Waals surface area (Å²) in [7, 11) is 1.56. The minimum absolute atomic E-state index is 0.268. The van der Waals surface area contributed by atoms with Crippen LogP contribution in [0.5, 0.6) is 5.75 Å². The number of methoxy groups -OCH3 is 1. The number of ether oxygens (including phenoxy) is 1.